The van der Waals surface area contributed by atoms with Gasteiger partial charge >= 0.3 is 0 Å². The van der Waals surface area contributed by atoms with Crippen LogP contribution in [0.4, 0.5) is 4.39 Å². The third-order valence-corrected chi connectivity index (χ3v) is 4.74. The Bertz CT molecular complexity index is 535. The lowest BCUT2D eigenvalue weighted by Crippen LogP contribution is -2.10. The molecule has 0 heterocycles. The first kappa shape index (κ1) is 16.6. The molecule has 0 spiro atoms. The van der Waals surface area contributed by atoms with E-state index in [4.69, 9.17) is 5.73 Å². The van der Waals surface area contributed by atoms with Gasteiger partial charge in [-0.15, -0.1) is 0 Å². The molecule has 1 aliphatic carbocycles. The fourth-order valence-corrected chi connectivity index (χ4v) is 3.09. The summed E-state index contributed by atoms with van der Waals surface area (Å²) in [6.07, 6.45) is 8.27. The van der Waals surface area contributed by atoms with Gasteiger partial charge in [0.1, 0.15) is 0 Å². The van der Waals surface area contributed by atoms with Crippen molar-refractivity contribution in [3.05, 3.63) is 59.3 Å². The number of nitrogens with two attached hydrogens (primary N) is 1. The topological polar surface area (TPSA) is 46.2 Å². The van der Waals surface area contributed by atoms with Crippen LogP contribution >= 0.6 is 0 Å². The zero-order valence-electron chi connectivity index (χ0n) is 13.4. The van der Waals surface area contributed by atoms with Crippen LogP contribution < -0.4 is 5.73 Å². The van der Waals surface area contributed by atoms with Crippen molar-refractivity contribution in [1.29, 1.82) is 0 Å². The summed E-state index contributed by atoms with van der Waals surface area (Å²) in [5.41, 5.74) is 7.45. The third kappa shape index (κ3) is 4.36. The van der Waals surface area contributed by atoms with Crippen LogP contribution in [0.3, 0.4) is 0 Å². The molecule has 1 fully saturated rings. The van der Waals surface area contributed by atoms with E-state index in [1.54, 1.807) is 6.08 Å². The number of hydrogen-bond donors (Lipinski definition) is 2. The Hall–Kier alpha value is -1.77. The van der Waals surface area contributed by atoms with Gasteiger partial charge in [0.25, 0.3) is 0 Å². The number of halogens is 1. The summed E-state index contributed by atoms with van der Waals surface area (Å²) in [6.45, 7) is 4.34. The minimum absolute atomic E-state index is 0.0990. The Morgan fingerprint density at radius 3 is 2.36 bits per heavy atom. The third-order valence-electron chi connectivity index (χ3n) is 4.74. The summed E-state index contributed by atoms with van der Waals surface area (Å²) in [4.78, 5) is 0. The van der Waals surface area contributed by atoms with Gasteiger partial charge in [0.2, 0.25) is 5.95 Å². The second-order valence-corrected chi connectivity index (χ2v) is 6.50. The van der Waals surface area contributed by atoms with E-state index in [0.717, 1.165) is 11.5 Å². The number of aliphatic hydroxyl groups excluding tert-OH is 1. The standard InChI is InChI=1S/C19H26FNO/c1-13-3-6-16(7-4-13)17-10-8-15(9-11-17)14(2)5-12-18(22)19(20)21/h5,8-14,16,22H,3-4,6-7,21H2,1-2H3/b12-5-,19-18+. The lowest BCUT2D eigenvalue weighted by Gasteiger charge is -2.26. The van der Waals surface area contributed by atoms with E-state index < -0.39 is 11.7 Å². The monoisotopic (exact) mass is 303 g/mol. The summed E-state index contributed by atoms with van der Waals surface area (Å²) in [5, 5.41) is 9.25. The van der Waals surface area contributed by atoms with Crippen molar-refractivity contribution < 1.29 is 9.50 Å². The average Bonchev–Trinajstić information content (AvgIpc) is 2.53. The fraction of sp³-hybridized carbons (Fsp3) is 0.474. The molecule has 1 aromatic rings. The summed E-state index contributed by atoms with van der Waals surface area (Å²) in [5.74, 6) is 0.0887. The van der Waals surface area contributed by atoms with Crippen LogP contribution in [-0.2, 0) is 0 Å². The molecule has 2 rings (SSSR count). The highest BCUT2D eigenvalue weighted by atomic mass is 19.1. The van der Waals surface area contributed by atoms with Crippen LogP contribution in [0, 0.1) is 5.92 Å². The van der Waals surface area contributed by atoms with E-state index in [9.17, 15) is 9.50 Å². The molecular weight excluding hydrogens is 277 g/mol. The SMILES string of the molecule is CC1CCC(c2ccc(C(C)/C=C\C(O)=C(/N)F)cc2)CC1. The maximum Gasteiger partial charge on any atom is 0.226 e. The first-order chi connectivity index (χ1) is 10.5. The Morgan fingerprint density at radius 1 is 1.23 bits per heavy atom. The van der Waals surface area contributed by atoms with Gasteiger partial charge in [-0.25, -0.2) is 0 Å². The Labute approximate surface area is 132 Å². The van der Waals surface area contributed by atoms with Crippen molar-refractivity contribution in [2.75, 3.05) is 0 Å². The summed E-state index contributed by atoms with van der Waals surface area (Å²) >= 11 is 0. The molecule has 0 radical (unpaired) electrons. The van der Waals surface area contributed by atoms with Gasteiger partial charge < -0.3 is 10.8 Å². The molecule has 3 heteroatoms. The first-order valence-corrected chi connectivity index (χ1v) is 8.09. The summed E-state index contributed by atoms with van der Waals surface area (Å²) in [6, 6.07) is 8.67. The van der Waals surface area contributed by atoms with Gasteiger partial charge in [-0.1, -0.05) is 57.0 Å². The molecule has 1 saturated carbocycles. The summed E-state index contributed by atoms with van der Waals surface area (Å²) < 4.78 is 12.6. The second kappa shape index (κ2) is 7.48. The van der Waals surface area contributed by atoms with Crippen LogP contribution in [0.2, 0.25) is 0 Å². The van der Waals surface area contributed by atoms with E-state index in [-0.39, 0.29) is 5.92 Å². The normalized spacial score (nSPS) is 25.0. The van der Waals surface area contributed by atoms with E-state index in [0.29, 0.717) is 5.92 Å². The highest BCUT2D eigenvalue weighted by Crippen LogP contribution is 2.35. The van der Waals surface area contributed by atoms with Crippen LogP contribution in [0.1, 0.15) is 62.5 Å². The van der Waals surface area contributed by atoms with Crippen molar-refractivity contribution >= 4 is 0 Å². The number of hydrogen-bond acceptors (Lipinski definition) is 2. The van der Waals surface area contributed by atoms with Crippen molar-refractivity contribution in [2.45, 2.75) is 51.4 Å². The smallest absolute Gasteiger partial charge is 0.226 e. The minimum Gasteiger partial charge on any atom is -0.504 e. The highest BCUT2D eigenvalue weighted by molar-refractivity contribution is 5.30. The maximum absolute atomic E-state index is 12.6. The van der Waals surface area contributed by atoms with Crippen molar-refractivity contribution in [1.82, 2.24) is 0 Å². The molecular formula is C19H26FNO. The van der Waals surface area contributed by atoms with E-state index >= 15 is 0 Å². The van der Waals surface area contributed by atoms with Gasteiger partial charge in [-0.2, -0.15) is 4.39 Å². The molecule has 3 N–H and O–H groups in total. The average molecular weight is 303 g/mol. The van der Waals surface area contributed by atoms with Gasteiger partial charge in [0.15, 0.2) is 5.76 Å². The van der Waals surface area contributed by atoms with Gasteiger partial charge in [0, 0.05) is 0 Å². The lowest BCUT2D eigenvalue weighted by molar-refractivity contribution is 0.348. The summed E-state index contributed by atoms with van der Waals surface area (Å²) in [7, 11) is 0. The van der Waals surface area contributed by atoms with Crippen molar-refractivity contribution in [3.8, 4) is 0 Å². The predicted octanol–water partition coefficient (Wildman–Crippen LogP) is 5.30. The molecule has 1 atom stereocenters. The molecule has 0 bridgehead atoms. The molecule has 1 aromatic carbocycles. The van der Waals surface area contributed by atoms with E-state index in [1.807, 2.05) is 6.92 Å². The van der Waals surface area contributed by atoms with Gasteiger partial charge in [-0.05, 0) is 47.8 Å². The van der Waals surface area contributed by atoms with Crippen molar-refractivity contribution in [3.63, 3.8) is 0 Å². The largest absolute Gasteiger partial charge is 0.504 e. The Balaban J connectivity index is 2.01. The quantitative estimate of drug-likeness (QED) is 0.450. The zero-order valence-corrected chi connectivity index (χ0v) is 13.4. The Morgan fingerprint density at radius 2 is 1.82 bits per heavy atom. The van der Waals surface area contributed by atoms with E-state index in [1.165, 1.54) is 37.3 Å². The number of benzene rings is 1. The Kier molecular flexibility index (Phi) is 5.64. The molecule has 120 valence electrons. The first-order valence-electron chi connectivity index (χ1n) is 8.09. The molecule has 1 aliphatic rings. The van der Waals surface area contributed by atoms with Crippen LogP contribution in [0.5, 0.6) is 0 Å². The number of rotatable bonds is 4. The van der Waals surface area contributed by atoms with Gasteiger partial charge in [0.05, 0.1) is 0 Å². The van der Waals surface area contributed by atoms with E-state index in [2.05, 4.69) is 31.2 Å². The molecule has 0 saturated heterocycles. The molecule has 1 unspecified atom stereocenters. The molecule has 22 heavy (non-hydrogen) atoms. The van der Waals surface area contributed by atoms with Gasteiger partial charge in [-0.3, -0.25) is 0 Å². The van der Waals surface area contributed by atoms with Crippen LogP contribution in [-0.4, -0.2) is 5.11 Å². The fourth-order valence-electron chi connectivity index (χ4n) is 3.09. The van der Waals surface area contributed by atoms with Crippen LogP contribution in [0.25, 0.3) is 0 Å². The highest BCUT2D eigenvalue weighted by Gasteiger charge is 2.19. The minimum atomic E-state index is -1.05. The molecule has 0 amide bonds. The molecule has 2 nitrogen and oxygen atoms in total. The maximum atomic E-state index is 12.6. The van der Waals surface area contributed by atoms with Crippen molar-refractivity contribution in [2.24, 2.45) is 11.7 Å². The molecule has 0 aliphatic heterocycles. The number of aliphatic hydroxyl groups is 1. The molecule has 0 aromatic heterocycles. The second-order valence-electron chi connectivity index (χ2n) is 6.50. The number of allylic oxidation sites excluding steroid dienone is 2. The van der Waals surface area contributed by atoms with Crippen LogP contribution in [0.15, 0.2) is 48.1 Å². The lowest BCUT2D eigenvalue weighted by atomic mass is 9.79. The zero-order chi connectivity index (χ0) is 16.1. The predicted molar refractivity (Wildman–Crippen MR) is 89.3 cm³/mol.